The second-order valence-electron chi connectivity index (χ2n) is 5.05. The highest BCUT2D eigenvalue weighted by atomic mass is 19.1. The van der Waals surface area contributed by atoms with Gasteiger partial charge in [0.25, 0.3) is 0 Å². The van der Waals surface area contributed by atoms with Gasteiger partial charge in [0.2, 0.25) is 0 Å². The molecule has 0 aliphatic carbocycles. The van der Waals surface area contributed by atoms with Crippen molar-refractivity contribution in [2.24, 2.45) is 0 Å². The van der Waals surface area contributed by atoms with Crippen LogP contribution in [0.1, 0.15) is 35.3 Å². The van der Waals surface area contributed by atoms with Gasteiger partial charge in [-0.2, -0.15) is 0 Å². The third kappa shape index (κ3) is 2.27. The van der Waals surface area contributed by atoms with Crippen molar-refractivity contribution in [3.8, 4) is 5.75 Å². The fourth-order valence-corrected chi connectivity index (χ4v) is 2.43. The Kier molecular flexibility index (Phi) is 3.18. The molecule has 0 radical (unpaired) electrons. The molecule has 2 nitrogen and oxygen atoms in total. The van der Waals surface area contributed by atoms with Gasteiger partial charge in [-0.3, -0.25) is 0 Å². The molecule has 0 bridgehead atoms. The van der Waals surface area contributed by atoms with E-state index in [1.54, 1.807) is 19.1 Å². The van der Waals surface area contributed by atoms with Crippen LogP contribution < -0.4 is 4.74 Å². The van der Waals surface area contributed by atoms with Crippen LogP contribution in [0, 0.1) is 18.6 Å². The molecule has 0 spiro atoms. The summed E-state index contributed by atoms with van der Waals surface area (Å²) in [5, 5.41) is 10.1. The van der Waals surface area contributed by atoms with Crippen molar-refractivity contribution in [1.82, 2.24) is 0 Å². The Labute approximate surface area is 115 Å². The molecule has 2 aromatic carbocycles. The molecular weight excluding hydrogens is 262 g/mol. The minimum atomic E-state index is -0.816. The van der Waals surface area contributed by atoms with Crippen molar-refractivity contribution in [1.29, 1.82) is 0 Å². The smallest absolute Gasteiger partial charge is 0.127 e. The third-order valence-corrected chi connectivity index (χ3v) is 3.61. The summed E-state index contributed by atoms with van der Waals surface area (Å²) in [6.45, 7) is 1.69. The van der Waals surface area contributed by atoms with Gasteiger partial charge in [-0.25, -0.2) is 8.78 Å². The second-order valence-corrected chi connectivity index (χ2v) is 5.05. The number of halogens is 2. The Balaban J connectivity index is 1.94. The zero-order valence-corrected chi connectivity index (χ0v) is 10.9. The summed E-state index contributed by atoms with van der Waals surface area (Å²) in [6, 6.07) is 8.92. The van der Waals surface area contributed by atoms with Crippen molar-refractivity contribution >= 4 is 0 Å². The Hall–Kier alpha value is -1.94. The van der Waals surface area contributed by atoms with Crippen molar-refractivity contribution in [3.63, 3.8) is 0 Å². The molecule has 20 heavy (non-hydrogen) atoms. The van der Waals surface area contributed by atoms with Gasteiger partial charge in [-0.15, -0.1) is 0 Å². The number of aliphatic hydroxyl groups excluding tert-OH is 1. The third-order valence-electron chi connectivity index (χ3n) is 3.61. The van der Waals surface area contributed by atoms with Crippen LogP contribution in [0.3, 0.4) is 0 Å². The highest BCUT2D eigenvalue weighted by molar-refractivity contribution is 5.39. The van der Waals surface area contributed by atoms with Crippen LogP contribution in [0.4, 0.5) is 8.78 Å². The number of hydrogen-bond acceptors (Lipinski definition) is 2. The molecule has 104 valence electrons. The summed E-state index contributed by atoms with van der Waals surface area (Å²) in [6.07, 6.45) is -0.972. The van der Waals surface area contributed by atoms with Crippen LogP contribution in [0.5, 0.6) is 5.75 Å². The molecule has 0 aromatic heterocycles. The largest absolute Gasteiger partial charge is 0.485 e. The SMILES string of the molecule is Cc1ccc(C2C[C@H](O)c3cc(F)ccc3O2)cc1F. The van der Waals surface area contributed by atoms with Gasteiger partial charge < -0.3 is 9.84 Å². The van der Waals surface area contributed by atoms with Gasteiger partial charge >= 0.3 is 0 Å². The molecule has 2 aromatic rings. The van der Waals surface area contributed by atoms with Gasteiger partial charge in [0.05, 0.1) is 6.10 Å². The van der Waals surface area contributed by atoms with Crippen LogP contribution in [0.25, 0.3) is 0 Å². The lowest BCUT2D eigenvalue weighted by Gasteiger charge is -2.30. The van der Waals surface area contributed by atoms with Gasteiger partial charge in [0.15, 0.2) is 0 Å². The first-order valence-corrected chi connectivity index (χ1v) is 6.45. The zero-order chi connectivity index (χ0) is 14.3. The Morgan fingerprint density at radius 3 is 2.70 bits per heavy atom. The van der Waals surface area contributed by atoms with Crippen LogP contribution in [0.2, 0.25) is 0 Å². The number of ether oxygens (including phenoxy) is 1. The van der Waals surface area contributed by atoms with Crippen LogP contribution in [-0.2, 0) is 0 Å². The molecule has 1 unspecified atom stereocenters. The van der Waals surface area contributed by atoms with E-state index in [2.05, 4.69) is 0 Å². The molecule has 2 atom stereocenters. The highest BCUT2D eigenvalue weighted by Crippen LogP contribution is 2.41. The molecule has 0 amide bonds. The Morgan fingerprint density at radius 2 is 1.95 bits per heavy atom. The van der Waals surface area contributed by atoms with Crippen LogP contribution >= 0.6 is 0 Å². The average molecular weight is 276 g/mol. The molecular formula is C16H14F2O2. The summed E-state index contributed by atoms with van der Waals surface area (Å²) in [4.78, 5) is 0. The summed E-state index contributed by atoms with van der Waals surface area (Å²) < 4.78 is 32.5. The molecule has 0 saturated carbocycles. The number of fused-ring (bicyclic) bond motifs is 1. The number of hydrogen-bond donors (Lipinski definition) is 1. The lowest BCUT2D eigenvalue weighted by Crippen LogP contribution is -2.19. The van der Waals surface area contributed by atoms with Gasteiger partial charge in [0, 0.05) is 12.0 Å². The number of aryl methyl sites for hydroxylation is 1. The maximum absolute atomic E-state index is 13.6. The predicted molar refractivity (Wildman–Crippen MR) is 70.5 cm³/mol. The van der Waals surface area contributed by atoms with Crippen LogP contribution in [-0.4, -0.2) is 5.11 Å². The monoisotopic (exact) mass is 276 g/mol. The second kappa shape index (κ2) is 4.87. The number of aliphatic hydroxyl groups is 1. The summed E-state index contributed by atoms with van der Waals surface area (Å²) >= 11 is 0. The number of benzene rings is 2. The Morgan fingerprint density at radius 1 is 1.15 bits per heavy atom. The first-order valence-electron chi connectivity index (χ1n) is 6.45. The Bertz CT molecular complexity index is 655. The lowest BCUT2D eigenvalue weighted by molar-refractivity contribution is 0.0652. The topological polar surface area (TPSA) is 29.5 Å². The highest BCUT2D eigenvalue weighted by Gasteiger charge is 2.28. The summed E-state index contributed by atoms with van der Waals surface area (Å²) in [7, 11) is 0. The lowest BCUT2D eigenvalue weighted by atomic mass is 9.94. The summed E-state index contributed by atoms with van der Waals surface area (Å²) in [5.41, 5.74) is 1.67. The van der Waals surface area contributed by atoms with E-state index in [4.69, 9.17) is 4.74 Å². The molecule has 0 saturated heterocycles. The van der Waals surface area contributed by atoms with E-state index >= 15 is 0 Å². The van der Waals surface area contributed by atoms with Gasteiger partial charge in [0.1, 0.15) is 23.5 Å². The molecule has 0 fully saturated rings. The molecule has 1 N–H and O–H groups in total. The molecule has 3 rings (SSSR count). The standard InChI is InChI=1S/C16H14F2O2/c1-9-2-3-10(6-13(9)18)16-8-14(19)12-7-11(17)4-5-15(12)20-16/h2-7,14,16,19H,8H2,1H3/t14-,16?/m0/s1. The summed E-state index contributed by atoms with van der Waals surface area (Å²) in [5.74, 6) is -0.271. The zero-order valence-electron chi connectivity index (χ0n) is 10.9. The van der Waals surface area contributed by atoms with Crippen molar-refractivity contribution in [2.45, 2.75) is 25.6 Å². The van der Waals surface area contributed by atoms with Gasteiger partial charge in [-0.05, 0) is 42.3 Å². The van der Waals surface area contributed by atoms with Crippen molar-refractivity contribution in [3.05, 3.63) is 64.7 Å². The van der Waals surface area contributed by atoms with E-state index in [1.165, 1.54) is 24.3 Å². The first kappa shape index (κ1) is 13.1. The molecule has 4 heteroatoms. The quantitative estimate of drug-likeness (QED) is 0.857. The van der Waals surface area contributed by atoms with E-state index in [9.17, 15) is 13.9 Å². The maximum Gasteiger partial charge on any atom is 0.127 e. The first-order chi connectivity index (χ1) is 9.54. The fourth-order valence-electron chi connectivity index (χ4n) is 2.43. The minimum Gasteiger partial charge on any atom is -0.485 e. The predicted octanol–water partition coefficient (Wildman–Crippen LogP) is 3.83. The van der Waals surface area contributed by atoms with Gasteiger partial charge in [-0.1, -0.05) is 12.1 Å². The van der Waals surface area contributed by atoms with Crippen LogP contribution in [0.15, 0.2) is 36.4 Å². The normalized spacial score (nSPS) is 21.2. The number of rotatable bonds is 1. The van der Waals surface area contributed by atoms with E-state index < -0.39 is 18.0 Å². The molecule has 1 heterocycles. The van der Waals surface area contributed by atoms with E-state index in [0.717, 1.165) is 0 Å². The molecule has 1 aliphatic heterocycles. The van der Waals surface area contributed by atoms with E-state index in [-0.39, 0.29) is 12.2 Å². The fraction of sp³-hybridized carbons (Fsp3) is 0.250. The van der Waals surface area contributed by atoms with Crippen molar-refractivity contribution in [2.75, 3.05) is 0 Å². The van der Waals surface area contributed by atoms with Crippen molar-refractivity contribution < 1.29 is 18.6 Å². The van der Waals surface area contributed by atoms with E-state index in [0.29, 0.717) is 22.4 Å². The van der Waals surface area contributed by atoms with E-state index in [1.807, 2.05) is 0 Å². The average Bonchev–Trinajstić information content (AvgIpc) is 2.42. The minimum absolute atomic E-state index is 0.277. The molecule has 1 aliphatic rings. The maximum atomic E-state index is 13.6.